The summed E-state index contributed by atoms with van der Waals surface area (Å²) in [5.74, 6) is 0. The van der Waals surface area contributed by atoms with Crippen LogP contribution in [0.3, 0.4) is 0 Å². The van der Waals surface area contributed by atoms with Gasteiger partial charge >= 0.3 is 5.69 Å². The van der Waals surface area contributed by atoms with Crippen molar-refractivity contribution in [2.24, 2.45) is 5.41 Å². The molecular formula is C11H21N3OS. The molecule has 0 amide bonds. The van der Waals surface area contributed by atoms with Crippen molar-refractivity contribution in [2.45, 2.75) is 53.0 Å². The Kier molecular flexibility index (Phi) is 4.53. The fraction of sp³-hybridized carbons (Fsp3) is 0.818. The maximum Gasteiger partial charge on any atom is 0.342 e. The van der Waals surface area contributed by atoms with Gasteiger partial charge in [-0.1, -0.05) is 40.0 Å². The van der Waals surface area contributed by atoms with Gasteiger partial charge in [0.2, 0.25) is 0 Å². The normalized spacial score (nSPS) is 11.9. The molecule has 4 nitrogen and oxygen atoms in total. The molecule has 2 N–H and O–H groups in total. The van der Waals surface area contributed by atoms with Crippen LogP contribution in [0.5, 0.6) is 0 Å². The van der Waals surface area contributed by atoms with Crippen LogP contribution in [-0.2, 0) is 6.54 Å². The van der Waals surface area contributed by atoms with Crippen LogP contribution in [0.1, 0.15) is 46.5 Å². The predicted molar refractivity (Wildman–Crippen MR) is 68.2 cm³/mol. The first kappa shape index (κ1) is 13.2. The lowest BCUT2D eigenvalue weighted by atomic mass is 9.87. The zero-order valence-corrected chi connectivity index (χ0v) is 11.1. The topological polar surface area (TPSA) is 53.6 Å². The zero-order valence-electron chi connectivity index (χ0n) is 10.3. The second-order valence-corrected chi connectivity index (χ2v) is 5.45. The van der Waals surface area contributed by atoms with E-state index in [9.17, 15) is 4.79 Å². The van der Waals surface area contributed by atoms with Gasteiger partial charge in [-0.25, -0.2) is 9.89 Å². The first-order chi connectivity index (χ1) is 7.46. The van der Waals surface area contributed by atoms with E-state index in [1.54, 1.807) is 4.57 Å². The summed E-state index contributed by atoms with van der Waals surface area (Å²) in [6.07, 6.45) is 4.80. The number of aromatic nitrogens is 3. The fourth-order valence-electron chi connectivity index (χ4n) is 1.84. The van der Waals surface area contributed by atoms with Gasteiger partial charge in [-0.05, 0) is 24.1 Å². The third-order valence-corrected chi connectivity index (χ3v) is 3.13. The molecular weight excluding hydrogens is 222 g/mol. The second-order valence-electron chi connectivity index (χ2n) is 5.07. The van der Waals surface area contributed by atoms with Crippen molar-refractivity contribution in [1.29, 1.82) is 0 Å². The van der Waals surface area contributed by atoms with Crippen LogP contribution in [0.4, 0.5) is 0 Å². The number of nitrogens with one attached hydrogen (secondary N) is 2. The summed E-state index contributed by atoms with van der Waals surface area (Å²) in [7, 11) is 0. The smallest absolute Gasteiger partial charge is 0.272 e. The zero-order chi connectivity index (χ0) is 12.2. The van der Waals surface area contributed by atoms with E-state index in [1.165, 1.54) is 19.3 Å². The Bertz CT molecular complexity index is 399. The summed E-state index contributed by atoms with van der Waals surface area (Å²) >= 11 is 5.05. The van der Waals surface area contributed by atoms with E-state index in [1.807, 2.05) is 0 Å². The molecule has 0 saturated carbocycles. The number of hydrogen-bond donors (Lipinski definition) is 2. The van der Waals surface area contributed by atoms with E-state index in [4.69, 9.17) is 12.2 Å². The highest BCUT2D eigenvalue weighted by Gasteiger charge is 2.19. The van der Waals surface area contributed by atoms with Crippen LogP contribution >= 0.6 is 12.2 Å². The summed E-state index contributed by atoms with van der Waals surface area (Å²) in [4.78, 5) is 11.5. The average Bonchev–Trinajstić information content (AvgIpc) is 2.49. The van der Waals surface area contributed by atoms with Gasteiger partial charge < -0.3 is 0 Å². The first-order valence-electron chi connectivity index (χ1n) is 5.84. The molecule has 0 aliphatic carbocycles. The lowest BCUT2D eigenvalue weighted by molar-refractivity contribution is 0.267. The SMILES string of the molecule is CCCCCC(C)(C)Cn1c(=O)[nH][nH]c1=S. The van der Waals surface area contributed by atoms with Crippen LogP contribution in [0.15, 0.2) is 4.79 Å². The standard InChI is InChI=1S/C11H21N3OS/c1-4-5-6-7-11(2,3)8-14-9(15)12-13-10(14)16/h4-8H2,1-3H3,(H,12,15)(H,13,16). The molecule has 0 aromatic carbocycles. The fourth-order valence-corrected chi connectivity index (χ4v) is 2.04. The molecule has 92 valence electrons. The van der Waals surface area contributed by atoms with Gasteiger partial charge in [0.15, 0.2) is 4.77 Å². The van der Waals surface area contributed by atoms with Gasteiger partial charge in [0.05, 0.1) is 0 Å². The summed E-state index contributed by atoms with van der Waals surface area (Å²) < 4.78 is 2.08. The number of H-pyrrole nitrogens is 2. The highest BCUT2D eigenvalue weighted by Crippen LogP contribution is 2.25. The van der Waals surface area contributed by atoms with E-state index in [0.717, 1.165) is 6.42 Å². The molecule has 1 heterocycles. The Morgan fingerprint density at radius 1 is 1.31 bits per heavy atom. The third kappa shape index (κ3) is 3.63. The van der Waals surface area contributed by atoms with Gasteiger partial charge in [0, 0.05) is 6.54 Å². The van der Waals surface area contributed by atoms with Crippen molar-refractivity contribution in [2.75, 3.05) is 0 Å². The summed E-state index contributed by atoms with van der Waals surface area (Å²) in [6, 6.07) is 0. The van der Waals surface area contributed by atoms with Crippen LogP contribution in [0, 0.1) is 10.2 Å². The van der Waals surface area contributed by atoms with Crippen molar-refractivity contribution in [1.82, 2.24) is 14.8 Å². The largest absolute Gasteiger partial charge is 0.342 e. The van der Waals surface area contributed by atoms with Gasteiger partial charge in [-0.15, -0.1) is 0 Å². The lowest BCUT2D eigenvalue weighted by Gasteiger charge is -2.24. The Morgan fingerprint density at radius 2 is 2.00 bits per heavy atom. The Hall–Kier alpha value is -0.840. The highest BCUT2D eigenvalue weighted by atomic mass is 32.1. The van der Waals surface area contributed by atoms with Crippen molar-refractivity contribution in [3.63, 3.8) is 0 Å². The quantitative estimate of drug-likeness (QED) is 0.596. The predicted octanol–water partition coefficient (Wildman–Crippen LogP) is 2.84. The Labute approximate surface area is 101 Å². The molecule has 16 heavy (non-hydrogen) atoms. The minimum atomic E-state index is -0.145. The van der Waals surface area contributed by atoms with Crippen molar-refractivity contribution >= 4 is 12.2 Å². The third-order valence-electron chi connectivity index (χ3n) is 2.81. The maximum atomic E-state index is 11.5. The van der Waals surface area contributed by atoms with E-state index in [2.05, 4.69) is 31.0 Å². The van der Waals surface area contributed by atoms with Gasteiger partial charge in [0.1, 0.15) is 0 Å². The number of unbranched alkanes of at least 4 members (excludes halogenated alkanes) is 2. The molecule has 0 unspecified atom stereocenters. The molecule has 0 bridgehead atoms. The van der Waals surface area contributed by atoms with E-state index in [-0.39, 0.29) is 11.1 Å². The van der Waals surface area contributed by atoms with Crippen LogP contribution < -0.4 is 5.69 Å². The molecule has 1 aromatic heterocycles. The molecule has 0 aliphatic rings. The molecule has 1 rings (SSSR count). The molecule has 0 fully saturated rings. The number of aromatic amines is 2. The van der Waals surface area contributed by atoms with Gasteiger partial charge in [-0.2, -0.15) is 0 Å². The number of nitrogens with zero attached hydrogens (tertiary/aromatic N) is 1. The van der Waals surface area contributed by atoms with Crippen LogP contribution in [0.2, 0.25) is 0 Å². The first-order valence-corrected chi connectivity index (χ1v) is 6.24. The Morgan fingerprint density at radius 3 is 2.50 bits per heavy atom. The summed E-state index contributed by atoms with van der Waals surface area (Å²) in [5, 5.41) is 5.17. The molecule has 5 heteroatoms. The van der Waals surface area contributed by atoms with E-state index in [0.29, 0.717) is 11.3 Å². The molecule has 1 aromatic rings. The second kappa shape index (κ2) is 5.48. The molecule has 0 radical (unpaired) electrons. The molecule has 0 saturated heterocycles. The minimum absolute atomic E-state index is 0.114. The highest BCUT2D eigenvalue weighted by molar-refractivity contribution is 7.71. The number of rotatable bonds is 6. The van der Waals surface area contributed by atoms with Crippen LogP contribution in [-0.4, -0.2) is 14.8 Å². The molecule has 0 spiro atoms. The molecule has 0 atom stereocenters. The monoisotopic (exact) mass is 243 g/mol. The Balaban J connectivity index is 2.65. The van der Waals surface area contributed by atoms with Crippen molar-refractivity contribution in [3.05, 3.63) is 15.3 Å². The van der Waals surface area contributed by atoms with Gasteiger partial charge in [-0.3, -0.25) is 9.67 Å². The average molecular weight is 243 g/mol. The van der Waals surface area contributed by atoms with Crippen molar-refractivity contribution < 1.29 is 0 Å². The molecule has 0 aliphatic heterocycles. The van der Waals surface area contributed by atoms with Gasteiger partial charge in [0.25, 0.3) is 0 Å². The van der Waals surface area contributed by atoms with Crippen LogP contribution in [0.25, 0.3) is 0 Å². The minimum Gasteiger partial charge on any atom is -0.272 e. The number of hydrogen-bond acceptors (Lipinski definition) is 2. The van der Waals surface area contributed by atoms with E-state index >= 15 is 0 Å². The lowest BCUT2D eigenvalue weighted by Crippen LogP contribution is -2.27. The maximum absolute atomic E-state index is 11.5. The van der Waals surface area contributed by atoms with E-state index < -0.39 is 0 Å². The summed E-state index contributed by atoms with van der Waals surface area (Å²) in [6.45, 7) is 7.22. The van der Waals surface area contributed by atoms with Crippen molar-refractivity contribution in [3.8, 4) is 0 Å². The summed E-state index contributed by atoms with van der Waals surface area (Å²) in [5.41, 5.74) is -0.0312.